The van der Waals surface area contributed by atoms with Gasteiger partial charge in [0.1, 0.15) is 5.69 Å². The molecule has 1 amide bonds. The summed E-state index contributed by atoms with van der Waals surface area (Å²) in [7, 11) is -3.00. The summed E-state index contributed by atoms with van der Waals surface area (Å²) in [6.45, 7) is 2.85. The zero-order valence-electron chi connectivity index (χ0n) is 11.4. The summed E-state index contributed by atoms with van der Waals surface area (Å²) in [4.78, 5) is 18.3. The largest absolute Gasteiger partial charge is 0.334 e. The van der Waals surface area contributed by atoms with Gasteiger partial charge >= 0.3 is 0 Å². The molecule has 1 saturated heterocycles. The molecular formula is C12H19N3O3S2. The molecule has 0 bridgehead atoms. The summed E-state index contributed by atoms with van der Waals surface area (Å²) in [6.07, 6.45) is 1.17. The lowest BCUT2D eigenvalue weighted by Crippen LogP contribution is -2.41. The summed E-state index contributed by atoms with van der Waals surface area (Å²) >= 11 is 1.42. The number of rotatable bonds is 5. The monoisotopic (exact) mass is 317 g/mol. The molecular weight excluding hydrogens is 298 g/mol. The van der Waals surface area contributed by atoms with Gasteiger partial charge in [-0.2, -0.15) is 0 Å². The predicted molar refractivity (Wildman–Crippen MR) is 78.6 cm³/mol. The molecule has 1 aliphatic heterocycles. The van der Waals surface area contributed by atoms with E-state index in [1.165, 1.54) is 11.3 Å². The van der Waals surface area contributed by atoms with E-state index in [1.807, 2.05) is 6.92 Å². The van der Waals surface area contributed by atoms with Crippen LogP contribution in [-0.2, 0) is 16.3 Å². The maximum Gasteiger partial charge on any atom is 0.273 e. The summed E-state index contributed by atoms with van der Waals surface area (Å²) in [5, 5.41) is 2.56. The van der Waals surface area contributed by atoms with Crippen LogP contribution in [0.2, 0.25) is 0 Å². The Bertz CT molecular complexity index is 583. The van der Waals surface area contributed by atoms with E-state index in [0.717, 1.165) is 5.01 Å². The second-order valence-electron chi connectivity index (χ2n) is 4.81. The van der Waals surface area contributed by atoms with E-state index in [0.29, 0.717) is 31.6 Å². The first-order valence-corrected chi connectivity index (χ1v) is 9.32. The van der Waals surface area contributed by atoms with E-state index in [9.17, 15) is 13.2 Å². The van der Waals surface area contributed by atoms with Crippen LogP contribution >= 0.6 is 11.3 Å². The van der Waals surface area contributed by atoms with Crippen molar-refractivity contribution in [2.24, 2.45) is 5.73 Å². The third kappa shape index (κ3) is 3.36. The average Bonchev–Trinajstić information content (AvgIpc) is 2.98. The van der Waals surface area contributed by atoms with Gasteiger partial charge in [-0.3, -0.25) is 4.79 Å². The van der Waals surface area contributed by atoms with Crippen LogP contribution in [-0.4, -0.2) is 54.8 Å². The maximum atomic E-state index is 12.4. The Kier molecular flexibility index (Phi) is 4.77. The van der Waals surface area contributed by atoms with Crippen molar-refractivity contribution in [1.29, 1.82) is 0 Å². The summed E-state index contributed by atoms with van der Waals surface area (Å²) in [6, 6.07) is -0.225. The molecule has 0 spiro atoms. The van der Waals surface area contributed by atoms with Crippen molar-refractivity contribution in [1.82, 2.24) is 9.88 Å². The van der Waals surface area contributed by atoms with Gasteiger partial charge in [0, 0.05) is 24.4 Å². The highest BCUT2D eigenvalue weighted by Crippen LogP contribution is 2.20. The molecule has 0 saturated carbocycles. The van der Waals surface area contributed by atoms with Crippen molar-refractivity contribution < 1.29 is 13.2 Å². The second kappa shape index (κ2) is 6.19. The van der Waals surface area contributed by atoms with Gasteiger partial charge in [-0.15, -0.1) is 11.3 Å². The van der Waals surface area contributed by atoms with Crippen LogP contribution in [0.4, 0.5) is 0 Å². The van der Waals surface area contributed by atoms with Crippen LogP contribution in [0, 0.1) is 0 Å². The summed E-state index contributed by atoms with van der Waals surface area (Å²) in [5.74, 6) is 0.0395. The van der Waals surface area contributed by atoms with E-state index in [1.54, 1.807) is 10.3 Å². The molecule has 1 unspecified atom stereocenters. The third-order valence-electron chi connectivity index (χ3n) is 3.38. The lowest BCUT2D eigenvalue weighted by Gasteiger charge is -2.25. The van der Waals surface area contributed by atoms with Gasteiger partial charge in [0.05, 0.1) is 16.5 Å². The van der Waals surface area contributed by atoms with Gasteiger partial charge in [0.25, 0.3) is 5.91 Å². The molecule has 2 heterocycles. The Morgan fingerprint density at radius 3 is 2.90 bits per heavy atom. The quantitative estimate of drug-likeness (QED) is 0.842. The lowest BCUT2D eigenvalue weighted by atomic mass is 10.2. The van der Waals surface area contributed by atoms with Crippen molar-refractivity contribution in [2.75, 3.05) is 24.6 Å². The van der Waals surface area contributed by atoms with Crippen LogP contribution in [0.1, 0.15) is 28.8 Å². The van der Waals surface area contributed by atoms with Gasteiger partial charge < -0.3 is 10.6 Å². The molecule has 0 radical (unpaired) electrons. The minimum Gasteiger partial charge on any atom is -0.334 e. The number of hydrogen-bond acceptors (Lipinski definition) is 6. The molecule has 8 heteroatoms. The molecule has 1 aromatic heterocycles. The number of aromatic nitrogens is 1. The predicted octanol–water partition coefficient (Wildman–Crippen LogP) is 0.293. The van der Waals surface area contributed by atoms with Crippen LogP contribution < -0.4 is 5.73 Å². The zero-order chi connectivity index (χ0) is 14.8. The standard InChI is InChI=1S/C12H19N3O3S2/c1-2-15(9-4-6-20(17,18)8-9)12(16)10-7-19-11(14-10)3-5-13/h7,9H,2-6,8,13H2,1H3. The molecule has 1 fully saturated rings. The Hall–Kier alpha value is -0.990. The Morgan fingerprint density at radius 1 is 1.60 bits per heavy atom. The number of nitrogens with zero attached hydrogens (tertiary/aromatic N) is 2. The van der Waals surface area contributed by atoms with Crippen molar-refractivity contribution in [3.8, 4) is 0 Å². The molecule has 0 aromatic carbocycles. The van der Waals surface area contributed by atoms with E-state index < -0.39 is 9.84 Å². The molecule has 0 aliphatic carbocycles. The third-order valence-corrected chi connectivity index (χ3v) is 6.04. The highest BCUT2D eigenvalue weighted by molar-refractivity contribution is 7.91. The highest BCUT2D eigenvalue weighted by Gasteiger charge is 2.34. The normalized spacial score (nSPS) is 21.0. The van der Waals surface area contributed by atoms with Crippen LogP contribution in [0.15, 0.2) is 5.38 Å². The number of thiazole rings is 1. The van der Waals surface area contributed by atoms with Gasteiger partial charge in [-0.25, -0.2) is 13.4 Å². The van der Waals surface area contributed by atoms with E-state index in [2.05, 4.69) is 4.98 Å². The molecule has 1 atom stereocenters. The Labute approximate surface area is 122 Å². The fraction of sp³-hybridized carbons (Fsp3) is 0.667. The molecule has 2 rings (SSSR count). The fourth-order valence-electron chi connectivity index (χ4n) is 2.38. The zero-order valence-corrected chi connectivity index (χ0v) is 13.0. The topological polar surface area (TPSA) is 93.4 Å². The molecule has 1 aliphatic rings. The van der Waals surface area contributed by atoms with Crippen molar-refractivity contribution in [2.45, 2.75) is 25.8 Å². The fourth-order valence-corrected chi connectivity index (χ4v) is 4.90. The van der Waals surface area contributed by atoms with Crippen LogP contribution in [0.3, 0.4) is 0 Å². The number of hydrogen-bond donors (Lipinski definition) is 1. The van der Waals surface area contributed by atoms with Gasteiger partial charge in [-0.1, -0.05) is 0 Å². The molecule has 6 nitrogen and oxygen atoms in total. The minimum atomic E-state index is -3.00. The lowest BCUT2D eigenvalue weighted by molar-refractivity contribution is 0.0703. The molecule has 1 aromatic rings. The number of carbonyl (C=O) groups excluding carboxylic acids is 1. The van der Waals surface area contributed by atoms with Crippen molar-refractivity contribution >= 4 is 27.1 Å². The maximum absolute atomic E-state index is 12.4. The van der Waals surface area contributed by atoms with Gasteiger partial charge in [-0.05, 0) is 19.9 Å². The van der Waals surface area contributed by atoms with Crippen molar-refractivity contribution in [3.63, 3.8) is 0 Å². The number of carbonyl (C=O) groups is 1. The number of nitrogens with two attached hydrogens (primary N) is 1. The molecule has 112 valence electrons. The SMILES string of the molecule is CCN(C(=O)c1csc(CCN)n1)C1CCS(=O)(=O)C1. The Morgan fingerprint density at radius 2 is 2.35 bits per heavy atom. The summed E-state index contributed by atoms with van der Waals surface area (Å²) < 4.78 is 23.1. The van der Waals surface area contributed by atoms with Crippen LogP contribution in [0.5, 0.6) is 0 Å². The van der Waals surface area contributed by atoms with E-state index >= 15 is 0 Å². The smallest absolute Gasteiger partial charge is 0.273 e. The van der Waals surface area contributed by atoms with E-state index in [4.69, 9.17) is 5.73 Å². The summed E-state index contributed by atoms with van der Waals surface area (Å²) in [5.41, 5.74) is 5.86. The van der Waals surface area contributed by atoms with Gasteiger partial charge in [0.15, 0.2) is 9.84 Å². The first-order valence-electron chi connectivity index (χ1n) is 6.62. The highest BCUT2D eigenvalue weighted by atomic mass is 32.2. The van der Waals surface area contributed by atoms with Gasteiger partial charge in [0.2, 0.25) is 0 Å². The average molecular weight is 317 g/mol. The second-order valence-corrected chi connectivity index (χ2v) is 7.98. The van der Waals surface area contributed by atoms with E-state index in [-0.39, 0.29) is 23.5 Å². The minimum absolute atomic E-state index is 0.0619. The van der Waals surface area contributed by atoms with Crippen LogP contribution in [0.25, 0.3) is 0 Å². The first kappa shape index (κ1) is 15.4. The Balaban J connectivity index is 2.12. The molecule has 2 N–H and O–H groups in total. The number of amides is 1. The number of sulfone groups is 1. The first-order chi connectivity index (χ1) is 9.46. The van der Waals surface area contributed by atoms with Crippen molar-refractivity contribution in [3.05, 3.63) is 16.1 Å². The molecule has 20 heavy (non-hydrogen) atoms.